The van der Waals surface area contributed by atoms with Crippen LogP contribution in [0.15, 0.2) is 4.99 Å². The van der Waals surface area contributed by atoms with Gasteiger partial charge in [-0.2, -0.15) is 4.99 Å². The molecule has 0 fully saturated rings. The fraction of sp³-hybridized carbons (Fsp3) is 0.125. The highest BCUT2D eigenvalue weighted by molar-refractivity contribution is 5.90. The number of amidine groups is 1. The molecule has 3 heterocycles. The molecular weight excluding hydrogens is 244 g/mol. The highest BCUT2D eigenvalue weighted by atomic mass is 16.5. The Bertz CT molecular complexity index is 671. The van der Waals surface area contributed by atoms with Crippen LogP contribution in [0.2, 0.25) is 0 Å². The second-order valence-corrected chi connectivity index (χ2v) is 3.62. The molecule has 0 aromatic carbocycles. The number of nitrogens with one attached hydrogen (secondary N) is 1. The number of hydroxylamine groups is 3. The number of nitrogens with zero attached hydrogens (tertiary/aromatic N) is 5. The molecule has 0 unspecified atom stereocenters. The van der Waals surface area contributed by atoms with E-state index in [1.54, 1.807) is 0 Å². The number of rotatable bonds is 0. The van der Waals surface area contributed by atoms with E-state index in [1.807, 2.05) is 0 Å². The van der Waals surface area contributed by atoms with E-state index in [0.29, 0.717) is 10.1 Å². The molecule has 94 valence electrons. The smallest absolute Gasteiger partial charge is 0.296 e. The number of hydrogen-bond acceptors (Lipinski definition) is 9. The van der Waals surface area contributed by atoms with E-state index in [0.717, 1.165) is 0 Å². The standard InChI is InChI=1S/C8H8N6O4/c15-7-4-5(11-8(16)12-7)9-3-1-13(17)2-14(18)6(3)10-4/h1,17-18H,2H2,(H3,9,11,12,15,16). The molecule has 0 aliphatic carbocycles. The third-order valence-electron chi connectivity index (χ3n) is 2.35. The SMILES string of the molecule is OC1=NC(O)=c2nc3c(nc2N1)=CN(O)CN3O. The van der Waals surface area contributed by atoms with Crippen molar-refractivity contribution in [3.8, 4) is 0 Å². The Balaban J connectivity index is 2.31. The molecule has 0 amide bonds. The molecule has 18 heavy (non-hydrogen) atoms. The summed E-state index contributed by atoms with van der Waals surface area (Å²) in [6.45, 7) is -0.205. The molecule has 2 aliphatic heterocycles. The molecule has 0 spiro atoms. The lowest BCUT2D eigenvalue weighted by atomic mass is 10.4. The topological polar surface area (TPSA) is 138 Å². The lowest BCUT2D eigenvalue weighted by Gasteiger charge is -2.25. The number of fused-ring (bicyclic) bond motifs is 2. The average molecular weight is 252 g/mol. The highest BCUT2D eigenvalue weighted by Gasteiger charge is 2.21. The highest BCUT2D eigenvalue weighted by Crippen LogP contribution is 2.08. The van der Waals surface area contributed by atoms with Gasteiger partial charge in [-0.25, -0.2) is 20.1 Å². The van der Waals surface area contributed by atoms with Crippen LogP contribution in [-0.4, -0.2) is 48.3 Å². The van der Waals surface area contributed by atoms with Crippen molar-refractivity contribution in [1.82, 2.24) is 15.0 Å². The van der Waals surface area contributed by atoms with E-state index in [2.05, 4.69) is 20.3 Å². The van der Waals surface area contributed by atoms with Crippen LogP contribution in [0.3, 0.4) is 0 Å². The molecule has 1 aromatic rings. The summed E-state index contributed by atoms with van der Waals surface area (Å²) in [4.78, 5) is 11.3. The zero-order chi connectivity index (χ0) is 12.9. The van der Waals surface area contributed by atoms with Gasteiger partial charge in [0.2, 0.25) is 5.88 Å². The Hall–Kier alpha value is -2.59. The van der Waals surface area contributed by atoms with Crippen molar-refractivity contribution in [3.05, 3.63) is 10.7 Å². The van der Waals surface area contributed by atoms with Crippen LogP contribution in [-0.2, 0) is 0 Å². The third kappa shape index (κ3) is 1.48. The van der Waals surface area contributed by atoms with Crippen LogP contribution in [0, 0.1) is 0 Å². The van der Waals surface area contributed by atoms with Crippen LogP contribution in [0.1, 0.15) is 0 Å². The summed E-state index contributed by atoms with van der Waals surface area (Å²) in [7, 11) is 0. The lowest BCUT2D eigenvalue weighted by Crippen LogP contribution is -2.44. The normalized spacial score (nSPS) is 17.4. The first-order valence-electron chi connectivity index (χ1n) is 4.84. The third-order valence-corrected chi connectivity index (χ3v) is 2.35. The van der Waals surface area contributed by atoms with Gasteiger partial charge in [-0.15, -0.1) is 0 Å². The monoisotopic (exact) mass is 252 g/mol. The summed E-state index contributed by atoms with van der Waals surface area (Å²) in [5.41, 5.74) is 0. The van der Waals surface area contributed by atoms with Gasteiger partial charge in [0.15, 0.2) is 17.0 Å². The maximum atomic E-state index is 9.58. The number of aliphatic hydroxyl groups excluding tert-OH is 2. The van der Waals surface area contributed by atoms with E-state index in [1.165, 1.54) is 6.20 Å². The average Bonchev–Trinajstić information content (AvgIpc) is 2.26. The van der Waals surface area contributed by atoms with Crippen molar-refractivity contribution in [2.24, 2.45) is 4.99 Å². The Kier molecular flexibility index (Phi) is 2.02. The van der Waals surface area contributed by atoms with E-state index in [4.69, 9.17) is 0 Å². The summed E-state index contributed by atoms with van der Waals surface area (Å²) in [6, 6.07) is -0.522. The minimum absolute atomic E-state index is 0.00890. The molecule has 0 radical (unpaired) electrons. The minimum atomic E-state index is -0.522. The molecular formula is C8H8N6O4. The van der Waals surface area contributed by atoms with Crippen molar-refractivity contribution in [2.75, 3.05) is 17.0 Å². The Labute approximate surface area is 99.0 Å². The first-order chi connectivity index (χ1) is 8.54. The van der Waals surface area contributed by atoms with Crippen LogP contribution < -0.4 is 21.1 Å². The number of aliphatic imine (C=N–C) groups is 1. The van der Waals surface area contributed by atoms with Gasteiger partial charge in [0, 0.05) is 0 Å². The molecule has 1 aromatic heterocycles. The molecule has 10 nitrogen and oxygen atoms in total. The summed E-state index contributed by atoms with van der Waals surface area (Å²) >= 11 is 0. The van der Waals surface area contributed by atoms with E-state index >= 15 is 0 Å². The van der Waals surface area contributed by atoms with Gasteiger partial charge >= 0.3 is 0 Å². The van der Waals surface area contributed by atoms with Gasteiger partial charge in [0.25, 0.3) is 6.02 Å². The molecule has 2 aliphatic rings. The largest absolute Gasteiger partial charge is 0.492 e. The first kappa shape index (κ1) is 10.6. The van der Waals surface area contributed by atoms with Gasteiger partial charge in [-0.3, -0.25) is 15.7 Å². The van der Waals surface area contributed by atoms with E-state index in [9.17, 15) is 20.6 Å². The molecule has 0 saturated carbocycles. The second kappa shape index (κ2) is 3.45. The zero-order valence-electron chi connectivity index (χ0n) is 8.81. The van der Waals surface area contributed by atoms with Gasteiger partial charge in [-0.1, -0.05) is 0 Å². The molecule has 0 saturated heterocycles. The van der Waals surface area contributed by atoms with Crippen molar-refractivity contribution in [3.63, 3.8) is 0 Å². The molecule has 3 rings (SSSR count). The van der Waals surface area contributed by atoms with Crippen molar-refractivity contribution in [2.45, 2.75) is 0 Å². The number of hydrogen-bond donors (Lipinski definition) is 5. The van der Waals surface area contributed by atoms with Crippen LogP contribution in [0.5, 0.6) is 0 Å². The van der Waals surface area contributed by atoms with E-state index < -0.39 is 11.9 Å². The predicted molar refractivity (Wildman–Crippen MR) is 58.2 cm³/mol. The van der Waals surface area contributed by atoms with Crippen molar-refractivity contribution in [1.29, 1.82) is 0 Å². The summed E-state index contributed by atoms with van der Waals surface area (Å²) in [5.74, 6) is -0.390. The van der Waals surface area contributed by atoms with Crippen molar-refractivity contribution < 1.29 is 20.6 Å². The molecule has 0 atom stereocenters. The van der Waals surface area contributed by atoms with Gasteiger partial charge in [-0.05, 0) is 0 Å². The van der Waals surface area contributed by atoms with Crippen LogP contribution in [0.4, 0.5) is 11.6 Å². The fourth-order valence-corrected chi connectivity index (χ4v) is 1.63. The lowest BCUT2D eigenvalue weighted by molar-refractivity contribution is -0.0418. The number of aliphatic hydroxyl groups is 2. The summed E-state index contributed by atoms with van der Waals surface area (Å²) in [6.07, 6.45) is 1.25. The van der Waals surface area contributed by atoms with Crippen molar-refractivity contribution >= 4 is 29.7 Å². The Morgan fingerprint density at radius 2 is 2.00 bits per heavy atom. The molecule has 5 N–H and O–H groups in total. The minimum Gasteiger partial charge on any atom is -0.492 e. The zero-order valence-corrected chi connectivity index (χ0v) is 8.81. The van der Waals surface area contributed by atoms with Gasteiger partial charge < -0.3 is 10.2 Å². The first-order valence-corrected chi connectivity index (χ1v) is 4.84. The molecule has 0 bridgehead atoms. The second-order valence-electron chi connectivity index (χ2n) is 3.62. The van der Waals surface area contributed by atoms with Gasteiger partial charge in [0.1, 0.15) is 12.0 Å². The quantitative estimate of drug-likeness (QED) is 0.356. The molecule has 10 heteroatoms. The fourth-order valence-electron chi connectivity index (χ4n) is 1.63. The number of aromatic nitrogens is 2. The van der Waals surface area contributed by atoms with E-state index in [-0.39, 0.29) is 29.0 Å². The van der Waals surface area contributed by atoms with Crippen LogP contribution in [0.25, 0.3) is 12.1 Å². The maximum absolute atomic E-state index is 9.58. The Morgan fingerprint density at radius 3 is 2.78 bits per heavy atom. The Morgan fingerprint density at radius 1 is 1.22 bits per heavy atom. The maximum Gasteiger partial charge on any atom is 0.296 e. The summed E-state index contributed by atoms with van der Waals surface area (Å²) < 4.78 is 0. The number of anilines is 2. The summed E-state index contributed by atoms with van der Waals surface area (Å²) in [5, 5.41) is 41.5. The van der Waals surface area contributed by atoms with Gasteiger partial charge in [0.05, 0.1) is 6.20 Å². The predicted octanol–water partition coefficient (Wildman–Crippen LogP) is -1.96. The van der Waals surface area contributed by atoms with Crippen LogP contribution >= 0.6 is 0 Å².